The Kier molecular flexibility index (Phi) is 6.95. The first-order chi connectivity index (χ1) is 16.7. The summed E-state index contributed by atoms with van der Waals surface area (Å²) in [4.78, 5) is 26.9. The molecule has 35 heavy (non-hydrogen) atoms. The summed E-state index contributed by atoms with van der Waals surface area (Å²) in [7, 11) is 0. The molecule has 0 bridgehead atoms. The van der Waals surface area contributed by atoms with Crippen molar-refractivity contribution in [3.8, 4) is 5.75 Å². The molecule has 4 rings (SSSR count). The Bertz CT molecular complexity index is 1220. The first-order valence-electron chi connectivity index (χ1n) is 11.1. The number of hydrogen-bond acceptors (Lipinski definition) is 3. The predicted molar refractivity (Wildman–Crippen MR) is 126 cm³/mol. The van der Waals surface area contributed by atoms with Gasteiger partial charge in [-0.1, -0.05) is 37.3 Å². The van der Waals surface area contributed by atoms with Gasteiger partial charge >= 0.3 is 12.2 Å². The highest BCUT2D eigenvalue weighted by molar-refractivity contribution is 5.99. The van der Waals surface area contributed by atoms with Crippen LogP contribution >= 0.6 is 0 Å². The van der Waals surface area contributed by atoms with Gasteiger partial charge in [0.2, 0.25) is 0 Å². The van der Waals surface area contributed by atoms with E-state index in [4.69, 9.17) is 4.74 Å². The molecule has 1 heterocycles. The van der Waals surface area contributed by atoms with Crippen molar-refractivity contribution in [1.29, 1.82) is 0 Å². The monoisotopic (exact) mass is 483 g/mol. The fourth-order valence-corrected chi connectivity index (χ4v) is 3.86. The molecule has 0 aromatic heterocycles. The first kappa shape index (κ1) is 24.1. The molecule has 3 aromatic rings. The quantitative estimate of drug-likeness (QED) is 0.464. The van der Waals surface area contributed by atoms with E-state index in [1.807, 2.05) is 6.07 Å². The van der Waals surface area contributed by atoms with Crippen molar-refractivity contribution in [1.82, 2.24) is 4.90 Å². The molecule has 1 aliphatic heterocycles. The van der Waals surface area contributed by atoms with Gasteiger partial charge in [0.05, 0.1) is 5.56 Å². The number of nitrogens with zero attached hydrogens (tertiary/aromatic N) is 1. The highest BCUT2D eigenvalue weighted by Gasteiger charge is 2.32. The van der Waals surface area contributed by atoms with Crippen LogP contribution in [-0.4, -0.2) is 22.9 Å². The van der Waals surface area contributed by atoms with Crippen molar-refractivity contribution in [2.75, 3.05) is 10.6 Å². The summed E-state index contributed by atoms with van der Waals surface area (Å²) in [5, 5.41) is 5.48. The molecule has 1 atom stereocenters. The van der Waals surface area contributed by atoms with Crippen molar-refractivity contribution in [2.45, 2.75) is 38.7 Å². The molecule has 0 aliphatic carbocycles. The van der Waals surface area contributed by atoms with Gasteiger partial charge in [0, 0.05) is 30.0 Å². The zero-order valence-corrected chi connectivity index (χ0v) is 18.9. The number of amides is 3. The Hall–Kier alpha value is -4.01. The second kappa shape index (κ2) is 10.1. The van der Waals surface area contributed by atoms with E-state index in [1.54, 1.807) is 55.5 Å². The summed E-state index contributed by atoms with van der Waals surface area (Å²) >= 11 is 0. The summed E-state index contributed by atoms with van der Waals surface area (Å²) in [5.41, 5.74) is 1.35. The van der Waals surface area contributed by atoms with Crippen LogP contribution in [0.2, 0.25) is 0 Å². The molecule has 0 fully saturated rings. The van der Waals surface area contributed by atoms with E-state index < -0.39 is 23.9 Å². The number of hydrogen-bond donors (Lipinski definition) is 2. The summed E-state index contributed by atoms with van der Waals surface area (Å²) in [5.74, 6) is 0.184. The van der Waals surface area contributed by atoms with Crippen molar-refractivity contribution in [3.63, 3.8) is 0 Å². The number of carbonyl (C=O) groups excluding carboxylic acids is 2. The highest BCUT2D eigenvalue weighted by Crippen LogP contribution is 2.32. The summed E-state index contributed by atoms with van der Waals surface area (Å²) in [6.45, 7) is 1.92. The smallest absolute Gasteiger partial charge is 0.416 e. The van der Waals surface area contributed by atoms with Crippen LogP contribution in [0.5, 0.6) is 5.75 Å². The van der Waals surface area contributed by atoms with E-state index in [-0.39, 0.29) is 19.0 Å². The van der Waals surface area contributed by atoms with Crippen LogP contribution in [0.4, 0.5) is 29.3 Å². The van der Waals surface area contributed by atoms with E-state index in [0.717, 1.165) is 12.1 Å². The van der Waals surface area contributed by atoms with Gasteiger partial charge in [-0.2, -0.15) is 13.2 Å². The number of urea groups is 1. The van der Waals surface area contributed by atoms with Crippen molar-refractivity contribution < 1.29 is 27.5 Å². The standard InChI is InChI=1S/C26H24F3N3O3/c1-2-22-24(33)32(15-17-7-6-8-19(13-17)26(27,28)29)16-18-14-21(11-12-23(18)35-22)31-25(34)30-20-9-4-3-5-10-20/h3-14,22H,2,15-16H2,1H3,(H2,30,31,34)/t22-/m0/s1. The van der Waals surface area contributed by atoms with E-state index in [2.05, 4.69) is 10.6 Å². The normalized spacial score (nSPS) is 15.6. The lowest BCUT2D eigenvalue weighted by atomic mass is 10.1. The lowest BCUT2D eigenvalue weighted by Crippen LogP contribution is -2.38. The number of alkyl halides is 3. The first-order valence-corrected chi connectivity index (χ1v) is 11.1. The van der Waals surface area contributed by atoms with Crippen molar-refractivity contribution >= 4 is 23.3 Å². The maximum absolute atomic E-state index is 13.1. The van der Waals surface area contributed by atoms with Crippen LogP contribution in [0.15, 0.2) is 72.8 Å². The Morgan fingerprint density at radius 2 is 1.74 bits per heavy atom. The van der Waals surface area contributed by atoms with Crippen LogP contribution in [0.1, 0.15) is 30.0 Å². The molecule has 0 saturated heterocycles. The highest BCUT2D eigenvalue weighted by atomic mass is 19.4. The fraction of sp³-hybridized carbons (Fsp3) is 0.231. The molecule has 0 saturated carbocycles. The Labute approximate surface area is 200 Å². The van der Waals surface area contributed by atoms with E-state index in [1.165, 1.54) is 11.0 Å². The maximum Gasteiger partial charge on any atom is 0.416 e. The number of fused-ring (bicyclic) bond motifs is 1. The third kappa shape index (κ3) is 5.92. The number of carbonyl (C=O) groups is 2. The SMILES string of the molecule is CC[C@@H]1Oc2ccc(NC(=O)Nc3ccccc3)cc2CN(Cc2cccc(C(F)(F)F)c2)C1=O. The van der Waals surface area contributed by atoms with Crippen LogP contribution in [-0.2, 0) is 24.1 Å². The summed E-state index contributed by atoms with van der Waals surface area (Å²) in [6.07, 6.45) is -4.83. The van der Waals surface area contributed by atoms with Gasteiger partial charge in [-0.25, -0.2) is 4.79 Å². The number of rotatable bonds is 5. The van der Waals surface area contributed by atoms with Crippen molar-refractivity contribution in [3.05, 3.63) is 89.5 Å². The molecule has 3 aromatic carbocycles. The molecular formula is C26H24F3N3O3. The predicted octanol–water partition coefficient (Wildman–Crippen LogP) is 6.05. The van der Waals surface area contributed by atoms with Crippen LogP contribution < -0.4 is 15.4 Å². The molecule has 1 aliphatic rings. The largest absolute Gasteiger partial charge is 0.480 e. The van der Waals surface area contributed by atoms with Crippen LogP contribution in [0.25, 0.3) is 0 Å². The molecule has 3 amide bonds. The Balaban J connectivity index is 1.55. The van der Waals surface area contributed by atoms with Crippen LogP contribution in [0.3, 0.4) is 0 Å². The average Bonchev–Trinajstić information content (AvgIpc) is 2.95. The molecule has 0 unspecified atom stereocenters. The van der Waals surface area contributed by atoms with Crippen molar-refractivity contribution in [2.24, 2.45) is 0 Å². The number of nitrogens with one attached hydrogen (secondary N) is 2. The second-order valence-electron chi connectivity index (χ2n) is 8.17. The van der Waals surface area contributed by atoms with Gasteiger partial charge in [0.15, 0.2) is 6.10 Å². The Morgan fingerprint density at radius 3 is 2.46 bits per heavy atom. The van der Waals surface area contributed by atoms with Gasteiger partial charge in [-0.15, -0.1) is 0 Å². The van der Waals surface area contributed by atoms with Gasteiger partial charge < -0.3 is 20.3 Å². The number of para-hydroxylation sites is 1. The molecule has 0 spiro atoms. The Morgan fingerprint density at radius 1 is 1.00 bits per heavy atom. The zero-order chi connectivity index (χ0) is 25.0. The van der Waals surface area contributed by atoms with E-state index in [9.17, 15) is 22.8 Å². The van der Waals surface area contributed by atoms with Crippen LogP contribution in [0, 0.1) is 0 Å². The molecular weight excluding hydrogens is 459 g/mol. The second-order valence-corrected chi connectivity index (χ2v) is 8.17. The van der Waals surface area contributed by atoms with Gasteiger partial charge in [0.25, 0.3) is 5.91 Å². The number of benzene rings is 3. The summed E-state index contributed by atoms with van der Waals surface area (Å²) in [6, 6.07) is 18.5. The van der Waals surface area contributed by atoms with Gasteiger partial charge in [-0.3, -0.25) is 4.79 Å². The zero-order valence-electron chi connectivity index (χ0n) is 18.9. The van der Waals surface area contributed by atoms with Gasteiger partial charge in [-0.05, 0) is 54.4 Å². The van der Waals surface area contributed by atoms with E-state index in [0.29, 0.717) is 34.7 Å². The van der Waals surface area contributed by atoms with Gasteiger partial charge in [0.1, 0.15) is 5.75 Å². The van der Waals surface area contributed by atoms with E-state index >= 15 is 0 Å². The number of halogens is 3. The topological polar surface area (TPSA) is 70.7 Å². The molecule has 9 heteroatoms. The molecule has 0 radical (unpaired) electrons. The third-order valence-electron chi connectivity index (χ3n) is 5.57. The number of anilines is 2. The average molecular weight is 483 g/mol. The maximum atomic E-state index is 13.1. The third-order valence-corrected chi connectivity index (χ3v) is 5.57. The molecule has 182 valence electrons. The minimum Gasteiger partial charge on any atom is -0.480 e. The lowest BCUT2D eigenvalue weighted by molar-refractivity contribution is -0.139. The summed E-state index contributed by atoms with van der Waals surface area (Å²) < 4.78 is 45.4. The number of ether oxygens (including phenoxy) is 1. The minimum atomic E-state index is -4.47. The molecule has 6 nitrogen and oxygen atoms in total. The fourth-order valence-electron chi connectivity index (χ4n) is 3.86. The molecule has 2 N–H and O–H groups in total. The lowest BCUT2D eigenvalue weighted by Gasteiger charge is -2.23. The minimum absolute atomic E-state index is 0.00575.